The third kappa shape index (κ3) is 5.39. The van der Waals surface area contributed by atoms with Crippen LogP contribution in [-0.2, 0) is 22.7 Å². The molecule has 5 rings (SSSR count). The molecule has 4 aromatic rings. The van der Waals surface area contributed by atoms with Crippen molar-refractivity contribution in [3.05, 3.63) is 71.5 Å². The maximum atomic E-state index is 13.6. The number of carbonyl (C=O) groups excluding carboxylic acids is 1. The Morgan fingerprint density at radius 1 is 0.921 bits per heavy atom. The van der Waals surface area contributed by atoms with Crippen molar-refractivity contribution in [1.82, 2.24) is 19.5 Å². The van der Waals surface area contributed by atoms with E-state index in [2.05, 4.69) is 28.3 Å². The van der Waals surface area contributed by atoms with Gasteiger partial charge in [-0.05, 0) is 16.3 Å². The Balaban J connectivity index is 1.24. The molecule has 1 aliphatic heterocycles. The van der Waals surface area contributed by atoms with Gasteiger partial charge in [-0.25, -0.2) is 9.78 Å². The summed E-state index contributed by atoms with van der Waals surface area (Å²) in [4.78, 5) is 19.9. The molecule has 2 aromatic heterocycles. The molecule has 3 heterocycles. The molecule has 0 bridgehead atoms. The second kappa shape index (κ2) is 9.81. The van der Waals surface area contributed by atoms with Gasteiger partial charge in [-0.3, -0.25) is 0 Å². The van der Waals surface area contributed by atoms with E-state index in [1.165, 1.54) is 4.52 Å². The number of hydrogen-bond donors (Lipinski definition) is 0. The first-order chi connectivity index (χ1) is 18.0. The van der Waals surface area contributed by atoms with E-state index in [0.717, 1.165) is 22.4 Å². The number of carbonyl (C=O) groups is 1. The highest BCUT2D eigenvalue weighted by Gasteiger charge is 2.35. The second-order valence-corrected chi connectivity index (χ2v) is 10.6. The lowest BCUT2D eigenvalue weighted by Gasteiger charge is -2.35. The second-order valence-electron chi connectivity index (χ2n) is 10.6. The van der Waals surface area contributed by atoms with E-state index >= 15 is 0 Å². The predicted octanol–water partition coefficient (Wildman–Crippen LogP) is 5.70. The van der Waals surface area contributed by atoms with Gasteiger partial charge in [-0.2, -0.15) is 22.8 Å². The molecule has 1 amide bonds. The summed E-state index contributed by atoms with van der Waals surface area (Å²) in [7, 11) is 0. The molecule has 0 aliphatic carbocycles. The zero-order valence-corrected chi connectivity index (χ0v) is 21.6. The highest BCUT2D eigenvalue weighted by molar-refractivity contribution is 5.83. The molecule has 1 fully saturated rings. The van der Waals surface area contributed by atoms with E-state index in [9.17, 15) is 18.0 Å². The molecule has 10 heteroatoms. The molecule has 0 spiro atoms. The van der Waals surface area contributed by atoms with E-state index in [-0.39, 0.29) is 17.7 Å². The minimum atomic E-state index is -4.58. The van der Waals surface area contributed by atoms with Gasteiger partial charge in [0.1, 0.15) is 5.82 Å². The summed E-state index contributed by atoms with van der Waals surface area (Å²) in [6, 6.07) is 16.9. The van der Waals surface area contributed by atoms with Crippen LogP contribution in [0.1, 0.15) is 37.7 Å². The number of piperazine rings is 1. The molecule has 7 nitrogen and oxygen atoms in total. The first-order valence-electron chi connectivity index (χ1n) is 12.6. The largest absolute Gasteiger partial charge is 0.449 e. The van der Waals surface area contributed by atoms with Crippen molar-refractivity contribution in [3.8, 4) is 0 Å². The summed E-state index contributed by atoms with van der Waals surface area (Å²) in [5.41, 5.74) is 0.571. The number of aromatic nitrogens is 3. The fourth-order valence-electron chi connectivity index (χ4n) is 4.56. The number of benzene rings is 2. The first-order valence-corrected chi connectivity index (χ1v) is 12.6. The average molecular weight is 526 g/mol. The lowest BCUT2D eigenvalue weighted by molar-refractivity contribution is -0.141. The lowest BCUT2D eigenvalue weighted by Crippen LogP contribution is -2.49. The summed E-state index contributed by atoms with van der Waals surface area (Å²) in [6.45, 7) is 7.44. The van der Waals surface area contributed by atoms with Crippen LogP contribution in [0, 0.1) is 0 Å². The van der Waals surface area contributed by atoms with Crippen LogP contribution in [0.15, 0.2) is 54.6 Å². The fourth-order valence-corrected chi connectivity index (χ4v) is 4.56. The molecule has 1 aliphatic rings. The van der Waals surface area contributed by atoms with E-state index in [1.54, 1.807) is 11.0 Å². The zero-order valence-electron chi connectivity index (χ0n) is 21.6. The summed E-state index contributed by atoms with van der Waals surface area (Å²) in [5, 5.41) is 6.86. The van der Waals surface area contributed by atoms with E-state index in [1.807, 2.05) is 49.9 Å². The van der Waals surface area contributed by atoms with Gasteiger partial charge in [0.25, 0.3) is 0 Å². The van der Waals surface area contributed by atoms with Crippen molar-refractivity contribution in [2.45, 2.75) is 38.8 Å². The number of halogens is 3. The molecule has 0 N–H and O–H groups in total. The van der Waals surface area contributed by atoms with Gasteiger partial charge in [0.15, 0.2) is 11.3 Å². The van der Waals surface area contributed by atoms with Crippen LogP contribution in [-0.4, -0.2) is 58.4 Å². The SMILES string of the molecule is CC(C)(C)c1cc2nc(C(F)(F)F)cc(N3CCN(C(=O)OCCc4ccc5ccccc5c4)CC3)n2n1. The van der Waals surface area contributed by atoms with Crippen LogP contribution in [0.2, 0.25) is 0 Å². The average Bonchev–Trinajstić information content (AvgIpc) is 3.33. The maximum absolute atomic E-state index is 13.6. The Labute approximate surface area is 218 Å². The Hall–Kier alpha value is -3.82. The van der Waals surface area contributed by atoms with Gasteiger partial charge in [0, 0.05) is 50.1 Å². The Morgan fingerprint density at radius 2 is 1.63 bits per heavy atom. The molecule has 0 radical (unpaired) electrons. The third-order valence-electron chi connectivity index (χ3n) is 6.76. The minimum absolute atomic E-state index is 0.148. The van der Waals surface area contributed by atoms with Crippen molar-refractivity contribution < 1.29 is 22.7 Å². The van der Waals surface area contributed by atoms with E-state index in [4.69, 9.17) is 4.74 Å². The third-order valence-corrected chi connectivity index (χ3v) is 6.76. The quantitative estimate of drug-likeness (QED) is 0.342. The number of anilines is 1. The van der Waals surface area contributed by atoms with Gasteiger partial charge in [0.05, 0.1) is 12.3 Å². The fraction of sp³-hybridized carbons (Fsp3) is 0.393. The van der Waals surface area contributed by atoms with Crippen LogP contribution >= 0.6 is 0 Å². The summed E-state index contributed by atoms with van der Waals surface area (Å²) >= 11 is 0. The highest BCUT2D eigenvalue weighted by Crippen LogP contribution is 2.32. The number of alkyl halides is 3. The molecule has 38 heavy (non-hydrogen) atoms. The van der Waals surface area contributed by atoms with Crippen molar-refractivity contribution in [3.63, 3.8) is 0 Å². The Morgan fingerprint density at radius 3 is 2.32 bits per heavy atom. The summed E-state index contributed by atoms with van der Waals surface area (Å²) in [5.74, 6) is 0.308. The summed E-state index contributed by atoms with van der Waals surface area (Å²) in [6.07, 6.45) is -4.41. The lowest BCUT2D eigenvalue weighted by atomic mass is 9.93. The van der Waals surface area contributed by atoms with Gasteiger partial charge < -0.3 is 14.5 Å². The Bertz CT molecular complexity index is 1470. The first kappa shape index (κ1) is 25.8. The highest BCUT2D eigenvalue weighted by atomic mass is 19.4. The van der Waals surface area contributed by atoms with Crippen molar-refractivity contribution in [2.75, 3.05) is 37.7 Å². The molecule has 1 saturated heterocycles. The molecule has 0 atom stereocenters. The zero-order chi connectivity index (χ0) is 27.1. The van der Waals surface area contributed by atoms with Crippen LogP contribution in [0.5, 0.6) is 0 Å². The van der Waals surface area contributed by atoms with Crippen molar-refractivity contribution >= 4 is 28.3 Å². The number of nitrogens with zero attached hydrogens (tertiary/aromatic N) is 5. The topological polar surface area (TPSA) is 63.0 Å². The predicted molar refractivity (Wildman–Crippen MR) is 139 cm³/mol. The number of ether oxygens (including phenoxy) is 1. The number of fused-ring (bicyclic) bond motifs is 2. The van der Waals surface area contributed by atoms with Gasteiger partial charge in [-0.15, -0.1) is 0 Å². The molecular weight excluding hydrogens is 495 g/mol. The monoisotopic (exact) mass is 525 g/mol. The molecule has 200 valence electrons. The van der Waals surface area contributed by atoms with Crippen LogP contribution in [0.4, 0.5) is 23.8 Å². The van der Waals surface area contributed by atoms with Gasteiger partial charge >= 0.3 is 12.3 Å². The molecular formula is C28H30F3N5O2. The smallest absolute Gasteiger partial charge is 0.433 e. The van der Waals surface area contributed by atoms with Crippen molar-refractivity contribution in [2.24, 2.45) is 0 Å². The van der Waals surface area contributed by atoms with Crippen LogP contribution in [0.3, 0.4) is 0 Å². The van der Waals surface area contributed by atoms with Gasteiger partial charge in [-0.1, -0.05) is 63.2 Å². The number of rotatable bonds is 4. The van der Waals surface area contributed by atoms with Crippen LogP contribution < -0.4 is 4.90 Å². The van der Waals surface area contributed by atoms with Gasteiger partial charge in [0.2, 0.25) is 0 Å². The minimum Gasteiger partial charge on any atom is -0.449 e. The Kier molecular flexibility index (Phi) is 6.66. The number of amides is 1. The molecule has 0 saturated carbocycles. The number of hydrogen-bond acceptors (Lipinski definition) is 5. The van der Waals surface area contributed by atoms with Crippen LogP contribution in [0.25, 0.3) is 16.4 Å². The van der Waals surface area contributed by atoms with E-state index in [0.29, 0.717) is 44.1 Å². The maximum Gasteiger partial charge on any atom is 0.433 e. The standard InChI is InChI=1S/C28H30F3N5O2/c1-27(2,3)22-17-24-32-23(28(29,30)31)18-25(36(24)33-22)34-11-13-35(14-12-34)26(37)38-15-10-19-8-9-20-6-4-5-7-21(20)16-19/h4-9,16-18H,10-15H2,1-3H3. The summed E-state index contributed by atoms with van der Waals surface area (Å²) < 4.78 is 47.8. The van der Waals surface area contributed by atoms with E-state index < -0.39 is 18.0 Å². The van der Waals surface area contributed by atoms with Crippen molar-refractivity contribution in [1.29, 1.82) is 0 Å². The normalized spacial score (nSPS) is 14.9. The molecule has 0 unspecified atom stereocenters. The molecule has 2 aromatic carbocycles.